The number of aromatic nitrogens is 2. The highest BCUT2D eigenvalue weighted by Gasteiger charge is 2.42. The number of rotatable bonds is 6. The van der Waals surface area contributed by atoms with Crippen molar-refractivity contribution in [1.82, 2.24) is 15.3 Å². The van der Waals surface area contributed by atoms with Gasteiger partial charge in [-0.1, -0.05) is 0 Å². The highest BCUT2D eigenvalue weighted by molar-refractivity contribution is 6.03. The molecule has 158 valence electrons. The lowest BCUT2D eigenvalue weighted by molar-refractivity contribution is -0.141. The number of carbonyl (C=O) groups excluding carboxylic acids is 3. The summed E-state index contributed by atoms with van der Waals surface area (Å²) in [4.78, 5) is 43.7. The van der Waals surface area contributed by atoms with Gasteiger partial charge >= 0.3 is 6.03 Å². The zero-order valence-electron chi connectivity index (χ0n) is 16.7. The lowest BCUT2D eigenvalue weighted by atomic mass is 10.0. The van der Waals surface area contributed by atoms with Gasteiger partial charge in [0, 0.05) is 26.3 Å². The molecule has 1 aliphatic rings. The van der Waals surface area contributed by atoms with Crippen molar-refractivity contribution in [2.75, 3.05) is 17.7 Å². The predicted octanol–water partition coefficient (Wildman–Crippen LogP) is 2.83. The van der Waals surface area contributed by atoms with Crippen LogP contribution in [-0.2, 0) is 14.3 Å². The lowest BCUT2D eigenvalue weighted by Gasteiger charge is -2.25. The lowest BCUT2D eigenvalue weighted by Crippen LogP contribution is -2.49. The van der Waals surface area contributed by atoms with Crippen molar-refractivity contribution in [1.29, 1.82) is 0 Å². The Labute approximate surface area is 173 Å². The Bertz CT molecular complexity index is 925. The Hall–Kier alpha value is -3.53. The van der Waals surface area contributed by atoms with Crippen LogP contribution >= 0.6 is 0 Å². The SMILES string of the molecule is COC1(C(=O)NC(=O)Nc2ccc(Oc3ccnc(NC(C)=O)c3)cn2)CCCC1. The number of pyridine rings is 2. The van der Waals surface area contributed by atoms with Crippen LogP contribution in [0.1, 0.15) is 32.6 Å². The second-order valence-electron chi connectivity index (χ2n) is 6.85. The maximum Gasteiger partial charge on any atom is 0.327 e. The summed E-state index contributed by atoms with van der Waals surface area (Å²) in [5.74, 6) is 0.802. The minimum atomic E-state index is -0.941. The number of imide groups is 1. The van der Waals surface area contributed by atoms with Gasteiger partial charge in [0.15, 0.2) is 0 Å². The molecule has 3 rings (SSSR count). The summed E-state index contributed by atoms with van der Waals surface area (Å²) in [6, 6.07) is 5.67. The summed E-state index contributed by atoms with van der Waals surface area (Å²) in [6.07, 6.45) is 5.87. The fourth-order valence-corrected chi connectivity index (χ4v) is 3.21. The second-order valence-corrected chi connectivity index (χ2v) is 6.85. The third-order valence-corrected chi connectivity index (χ3v) is 4.69. The van der Waals surface area contributed by atoms with E-state index >= 15 is 0 Å². The maximum atomic E-state index is 12.4. The molecule has 30 heavy (non-hydrogen) atoms. The molecule has 0 aromatic carbocycles. The average molecular weight is 413 g/mol. The molecule has 1 aliphatic carbocycles. The van der Waals surface area contributed by atoms with Gasteiger partial charge in [0.05, 0.1) is 6.20 Å². The molecule has 1 saturated carbocycles. The molecule has 2 heterocycles. The van der Waals surface area contributed by atoms with Gasteiger partial charge in [-0.2, -0.15) is 0 Å². The number of nitrogens with zero attached hydrogens (tertiary/aromatic N) is 2. The van der Waals surface area contributed by atoms with Crippen LogP contribution in [0.3, 0.4) is 0 Å². The van der Waals surface area contributed by atoms with E-state index in [2.05, 4.69) is 25.9 Å². The number of hydrogen-bond donors (Lipinski definition) is 3. The molecule has 3 N–H and O–H groups in total. The molecule has 10 heteroatoms. The van der Waals surface area contributed by atoms with E-state index in [-0.39, 0.29) is 11.7 Å². The van der Waals surface area contributed by atoms with Crippen LogP contribution in [0.2, 0.25) is 0 Å². The highest BCUT2D eigenvalue weighted by Crippen LogP contribution is 2.32. The van der Waals surface area contributed by atoms with Gasteiger partial charge < -0.3 is 14.8 Å². The fraction of sp³-hybridized carbons (Fsp3) is 0.350. The summed E-state index contributed by atoms with van der Waals surface area (Å²) in [5.41, 5.74) is -0.941. The first-order valence-electron chi connectivity index (χ1n) is 9.45. The largest absolute Gasteiger partial charge is 0.456 e. The van der Waals surface area contributed by atoms with E-state index in [1.807, 2.05) is 0 Å². The van der Waals surface area contributed by atoms with E-state index in [1.165, 1.54) is 32.5 Å². The van der Waals surface area contributed by atoms with E-state index in [1.54, 1.807) is 18.2 Å². The molecule has 0 atom stereocenters. The molecular weight excluding hydrogens is 390 g/mol. The molecule has 0 bridgehead atoms. The van der Waals surface area contributed by atoms with Crippen LogP contribution in [0.25, 0.3) is 0 Å². The van der Waals surface area contributed by atoms with Crippen molar-refractivity contribution in [3.63, 3.8) is 0 Å². The van der Waals surface area contributed by atoms with Gasteiger partial charge in [-0.25, -0.2) is 14.8 Å². The highest BCUT2D eigenvalue weighted by atomic mass is 16.5. The molecular formula is C20H23N5O5. The van der Waals surface area contributed by atoms with E-state index in [0.29, 0.717) is 30.2 Å². The zero-order chi connectivity index (χ0) is 21.6. The van der Waals surface area contributed by atoms with Crippen molar-refractivity contribution in [3.8, 4) is 11.5 Å². The third-order valence-electron chi connectivity index (χ3n) is 4.69. The first kappa shape index (κ1) is 21.2. The Morgan fingerprint density at radius 1 is 1.00 bits per heavy atom. The van der Waals surface area contributed by atoms with Crippen molar-refractivity contribution >= 4 is 29.5 Å². The Kier molecular flexibility index (Phi) is 6.58. The summed E-state index contributed by atoms with van der Waals surface area (Å²) in [6.45, 7) is 1.39. The monoisotopic (exact) mass is 413 g/mol. The number of amides is 4. The van der Waals surface area contributed by atoms with Crippen LogP contribution in [0.4, 0.5) is 16.4 Å². The normalized spacial score (nSPS) is 14.6. The van der Waals surface area contributed by atoms with E-state index in [9.17, 15) is 14.4 Å². The third kappa shape index (κ3) is 5.29. The number of carbonyl (C=O) groups is 3. The standard InChI is InChI=1S/C20H23N5O5/c1-13(26)23-17-11-14(7-10-21-17)30-15-5-6-16(22-12-15)24-19(28)25-18(27)20(29-2)8-3-4-9-20/h5-7,10-12H,3-4,8-9H2,1-2H3,(H,21,23,26)(H2,22,24,25,27,28). The number of urea groups is 1. The summed E-state index contributed by atoms with van der Waals surface area (Å²) in [5, 5.41) is 7.39. The Balaban J connectivity index is 1.56. The predicted molar refractivity (Wildman–Crippen MR) is 108 cm³/mol. The second kappa shape index (κ2) is 9.31. The number of ether oxygens (including phenoxy) is 2. The molecule has 4 amide bonds. The van der Waals surface area contributed by atoms with Gasteiger partial charge in [-0.05, 0) is 43.9 Å². The van der Waals surface area contributed by atoms with Crippen LogP contribution < -0.4 is 20.7 Å². The van der Waals surface area contributed by atoms with Gasteiger partial charge in [-0.3, -0.25) is 20.2 Å². The van der Waals surface area contributed by atoms with Crippen LogP contribution in [0.15, 0.2) is 36.7 Å². The Morgan fingerprint density at radius 2 is 1.77 bits per heavy atom. The summed E-state index contributed by atoms with van der Waals surface area (Å²) < 4.78 is 11.0. The van der Waals surface area contributed by atoms with E-state index in [0.717, 1.165) is 12.8 Å². The average Bonchev–Trinajstić information content (AvgIpc) is 3.20. The van der Waals surface area contributed by atoms with Gasteiger partial charge in [-0.15, -0.1) is 0 Å². The van der Waals surface area contributed by atoms with Crippen LogP contribution in [0, 0.1) is 0 Å². The van der Waals surface area contributed by atoms with Gasteiger partial charge in [0.2, 0.25) is 5.91 Å². The van der Waals surface area contributed by atoms with E-state index in [4.69, 9.17) is 9.47 Å². The van der Waals surface area contributed by atoms with Crippen molar-refractivity contribution in [3.05, 3.63) is 36.7 Å². The molecule has 10 nitrogen and oxygen atoms in total. The maximum absolute atomic E-state index is 12.4. The fourth-order valence-electron chi connectivity index (χ4n) is 3.21. The van der Waals surface area contributed by atoms with Crippen LogP contribution in [-0.4, -0.2) is 40.5 Å². The molecule has 1 fully saturated rings. The summed E-state index contributed by atoms with van der Waals surface area (Å²) in [7, 11) is 1.48. The number of anilines is 2. The van der Waals surface area contributed by atoms with Gasteiger partial charge in [0.1, 0.15) is 28.7 Å². The first-order chi connectivity index (χ1) is 14.4. The van der Waals surface area contributed by atoms with Crippen molar-refractivity contribution < 1.29 is 23.9 Å². The van der Waals surface area contributed by atoms with Gasteiger partial charge in [0.25, 0.3) is 5.91 Å². The Morgan fingerprint density at radius 3 is 2.40 bits per heavy atom. The molecule has 2 aromatic heterocycles. The minimum absolute atomic E-state index is 0.238. The quantitative estimate of drug-likeness (QED) is 0.663. The van der Waals surface area contributed by atoms with E-state index < -0.39 is 17.5 Å². The number of hydrogen-bond acceptors (Lipinski definition) is 7. The first-order valence-corrected chi connectivity index (χ1v) is 9.45. The van der Waals surface area contributed by atoms with Crippen molar-refractivity contribution in [2.24, 2.45) is 0 Å². The molecule has 0 unspecified atom stereocenters. The smallest absolute Gasteiger partial charge is 0.327 e. The molecule has 0 aliphatic heterocycles. The number of nitrogens with one attached hydrogen (secondary N) is 3. The minimum Gasteiger partial charge on any atom is -0.456 e. The van der Waals surface area contributed by atoms with Crippen LogP contribution in [0.5, 0.6) is 11.5 Å². The number of methoxy groups -OCH3 is 1. The molecule has 0 saturated heterocycles. The zero-order valence-corrected chi connectivity index (χ0v) is 16.7. The molecule has 2 aromatic rings. The molecule has 0 radical (unpaired) electrons. The summed E-state index contributed by atoms with van der Waals surface area (Å²) >= 11 is 0. The molecule has 0 spiro atoms. The topological polar surface area (TPSA) is 132 Å². The van der Waals surface area contributed by atoms with Crippen molar-refractivity contribution in [2.45, 2.75) is 38.2 Å².